The maximum atomic E-state index is 6.26. The third-order valence-electron chi connectivity index (χ3n) is 4.71. The molecule has 0 amide bonds. The van der Waals surface area contributed by atoms with Crippen LogP contribution in [0.2, 0.25) is 0 Å². The van der Waals surface area contributed by atoms with Gasteiger partial charge in [-0.15, -0.1) is 0 Å². The lowest BCUT2D eigenvalue weighted by atomic mass is 9.73. The molecule has 0 fully saturated rings. The third kappa shape index (κ3) is 3.41. The van der Waals surface area contributed by atoms with Gasteiger partial charge in [-0.3, -0.25) is 0 Å². The minimum Gasteiger partial charge on any atom is -0.493 e. The largest absolute Gasteiger partial charge is 0.493 e. The first kappa shape index (κ1) is 16.3. The van der Waals surface area contributed by atoms with E-state index in [9.17, 15) is 0 Å². The van der Waals surface area contributed by atoms with Gasteiger partial charge in [0.2, 0.25) is 0 Å². The number of nitrogens with zero attached hydrogens (tertiary/aromatic N) is 1. The standard InChI is InChI=1S/C18H30N2O/c1-14(2)15-7-5-8-16-17(15)21-12-6-9-18(16,13-19)10-11-20(3)4/h5,7-8,14H,6,9-13,19H2,1-4H3. The molecule has 1 aliphatic rings. The van der Waals surface area contributed by atoms with E-state index in [0.717, 1.165) is 38.2 Å². The predicted molar refractivity (Wildman–Crippen MR) is 89.2 cm³/mol. The van der Waals surface area contributed by atoms with Crippen LogP contribution in [0.15, 0.2) is 18.2 Å². The summed E-state index contributed by atoms with van der Waals surface area (Å²) < 4.78 is 6.14. The van der Waals surface area contributed by atoms with Crippen molar-refractivity contribution < 1.29 is 4.74 Å². The van der Waals surface area contributed by atoms with E-state index < -0.39 is 0 Å². The fourth-order valence-corrected chi connectivity index (χ4v) is 3.32. The lowest BCUT2D eigenvalue weighted by Gasteiger charge is -2.34. The molecule has 3 heteroatoms. The van der Waals surface area contributed by atoms with Crippen molar-refractivity contribution in [3.05, 3.63) is 29.3 Å². The minimum atomic E-state index is 0.0566. The van der Waals surface area contributed by atoms with Crippen LogP contribution in [-0.4, -0.2) is 38.7 Å². The van der Waals surface area contributed by atoms with Crippen LogP contribution in [0.4, 0.5) is 0 Å². The Balaban J connectivity index is 2.47. The number of fused-ring (bicyclic) bond motifs is 1. The van der Waals surface area contributed by atoms with Crippen LogP contribution < -0.4 is 10.5 Å². The van der Waals surface area contributed by atoms with Crippen LogP contribution in [0.1, 0.15) is 50.2 Å². The number of benzene rings is 1. The highest BCUT2D eigenvalue weighted by molar-refractivity contribution is 5.48. The second-order valence-electron chi connectivity index (χ2n) is 6.87. The van der Waals surface area contributed by atoms with Gasteiger partial charge in [-0.2, -0.15) is 0 Å². The molecular weight excluding hydrogens is 260 g/mol. The van der Waals surface area contributed by atoms with Crippen molar-refractivity contribution in [3.63, 3.8) is 0 Å². The molecule has 1 aromatic carbocycles. The van der Waals surface area contributed by atoms with Crippen LogP contribution in [0.25, 0.3) is 0 Å². The van der Waals surface area contributed by atoms with Gasteiger partial charge in [-0.25, -0.2) is 0 Å². The average Bonchev–Trinajstić information content (AvgIpc) is 2.64. The van der Waals surface area contributed by atoms with Crippen LogP contribution in [0.5, 0.6) is 5.75 Å². The summed E-state index contributed by atoms with van der Waals surface area (Å²) in [5.41, 5.74) is 8.96. The summed E-state index contributed by atoms with van der Waals surface area (Å²) in [5, 5.41) is 0. The molecule has 1 aromatic rings. The Kier molecular flexibility index (Phi) is 5.28. The second-order valence-corrected chi connectivity index (χ2v) is 6.87. The summed E-state index contributed by atoms with van der Waals surface area (Å²) in [5.74, 6) is 1.58. The van der Waals surface area contributed by atoms with E-state index in [1.54, 1.807) is 0 Å². The van der Waals surface area contributed by atoms with Crippen molar-refractivity contribution in [1.82, 2.24) is 4.90 Å². The summed E-state index contributed by atoms with van der Waals surface area (Å²) in [6.45, 7) is 7.02. The molecule has 0 aliphatic carbocycles. The van der Waals surface area contributed by atoms with Crippen molar-refractivity contribution >= 4 is 0 Å². The van der Waals surface area contributed by atoms with Crippen molar-refractivity contribution in [2.24, 2.45) is 5.73 Å². The predicted octanol–water partition coefficient (Wildman–Crippen LogP) is 3.13. The van der Waals surface area contributed by atoms with Crippen LogP contribution in [0, 0.1) is 0 Å². The van der Waals surface area contributed by atoms with Gasteiger partial charge in [0.25, 0.3) is 0 Å². The van der Waals surface area contributed by atoms with E-state index in [0.29, 0.717) is 12.5 Å². The molecular formula is C18H30N2O. The molecule has 2 rings (SSSR count). The normalized spacial score (nSPS) is 22.0. The molecule has 0 spiro atoms. The SMILES string of the molecule is CC(C)c1cccc2c1OCCCC2(CN)CCN(C)C. The van der Waals surface area contributed by atoms with E-state index in [2.05, 4.69) is 51.0 Å². The maximum Gasteiger partial charge on any atom is 0.126 e. The summed E-state index contributed by atoms with van der Waals surface area (Å²) >= 11 is 0. The number of para-hydroxylation sites is 1. The van der Waals surface area contributed by atoms with Gasteiger partial charge in [0.1, 0.15) is 5.75 Å². The Morgan fingerprint density at radius 2 is 2.10 bits per heavy atom. The lowest BCUT2D eigenvalue weighted by Crippen LogP contribution is -2.38. The summed E-state index contributed by atoms with van der Waals surface area (Å²) in [7, 11) is 4.26. The Bertz CT molecular complexity index is 470. The van der Waals surface area contributed by atoms with Crippen molar-refractivity contribution in [3.8, 4) is 5.75 Å². The lowest BCUT2D eigenvalue weighted by molar-refractivity contribution is 0.290. The molecule has 0 saturated heterocycles. The zero-order valence-corrected chi connectivity index (χ0v) is 14.0. The van der Waals surface area contributed by atoms with Crippen LogP contribution in [0.3, 0.4) is 0 Å². The maximum absolute atomic E-state index is 6.26. The highest BCUT2D eigenvalue weighted by Gasteiger charge is 2.36. The first-order valence-electron chi connectivity index (χ1n) is 8.11. The van der Waals surface area contributed by atoms with Gasteiger partial charge >= 0.3 is 0 Å². The Morgan fingerprint density at radius 1 is 1.33 bits per heavy atom. The van der Waals surface area contributed by atoms with Crippen molar-refractivity contribution in [2.45, 2.75) is 44.4 Å². The number of rotatable bonds is 5. The molecule has 21 heavy (non-hydrogen) atoms. The highest BCUT2D eigenvalue weighted by atomic mass is 16.5. The van der Waals surface area contributed by atoms with Gasteiger partial charge < -0.3 is 15.4 Å². The van der Waals surface area contributed by atoms with E-state index in [1.165, 1.54) is 11.1 Å². The third-order valence-corrected chi connectivity index (χ3v) is 4.71. The Labute approximate surface area is 129 Å². The van der Waals surface area contributed by atoms with Crippen LogP contribution in [-0.2, 0) is 5.41 Å². The molecule has 1 heterocycles. The highest BCUT2D eigenvalue weighted by Crippen LogP contribution is 2.43. The molecule has 0 saturated carbocycles. The number of nitrogens with two attached hydrogens (primary N) is 1. The molecule has 118 valence electrons. The van der Waals surface area contributed by atoms with Crippen molar-refractivity contribution in [2.75, 3.05) is 33.8 Å². The average molecular weight is 290 g/mol. The van der Waals surface area contributed by atoms with Gasteiger partial charge in [-0.1, -0.05) is 32.0 Å². The first-order valence-corrected chi connectivity index (χ1v) is 8.11. The van der Waals surface area contributed by atoms with E-state index >= 15 is 0 Å². The number of hydrogen-bond donors (Lipinski definition) is 1. The summed E-state index contributed by atoms with van der Waals surface area (Å²) in [6.07, 6.45) is 3.29. The number of ether oxygens (including phenoxy) is 1. The van der Waals surface area contributed by atoms with Gasteiger partial charge in [0.15, 0.2) is 0 Å². The Hall–Kier alpha value is -1.06. The number of hydrogen-bond acceptors (Lipinski definition) is 3. The van der Waals surface area contributed by atoms with Gasteiger partial charge in [0, 0.05) is 17.5 Å². The van der Waals surface area contributed by atoms with E-state index in [4.69, 9.17) is 10.5 Å². The molecule has 0 radical (unpaired) electrons. The van der Waals surface area contributed by atoms with Gasteiger partial charge in [-0.05, 0) is 51.4 Å². The fourth-order valence-electron chi connectivity index (χ4n) is 3.32. The first-order chi connectivity index (χ1) is 10.00. The molecule has 3 nitrogen and oxygen atoms in total. The monoisotopic (exact) mass is 290 g/mol. The van der Waals surface area contributed by atoms with E-state index in [-0.39, 0.29) is 5.41 Å². The summed E-state index contributed by atoms with van der Waals surface area (Å²) in [6, 6.07) is 6.60. The molecule has 1 aliphatic heterocycles. The second kappa shape index (κ2) is 6.80. The Morgan fingerprint density at radius 3 is 2.71 bits per heavy atom. The molecule has 0 aromatic heterocycles. The molecule has 2 N–H and O–H groups in total. The molecule has 1 atom stereocenters. The quantitative estimate of drug-likeness (QED) is 0.905. The minimum absolute atomic E-state index is 0.0566. The fraction of sp³-hybridized carbons (Fsp3) is 0.667. The zero-order valence-electron chi connectivity index (χ0n) is 14.0. The van der Waals surface area contributed by atoms with Crippen LogP contribution >= 0.6 is 0 Å². The topological polar surface area (TPSA) is 38.5 Å². The summed E-state index contributed by atoms with van der Waals surface area (Å²) in [4.78, 5) is 2.25. The smallest absolute Gasteiger partial charge is 0.126 e. The van der Waals surface area contributed by atoms with E-state index in [1.807, 2.05) is 0 Å². The van der Waals surface area contributed by atoms with Crippen molar-refractivity contribution in [1.29, 1.82) is 0 Å². The zero-order chi connectivity index (χ0) is 15.5. The van der Waals surface area contributed by atoms with Gasteiger partial charge in [0.05, 0.1) is 6.61 Å². The molecule has 1 unspecified atom stereocenters. The molecule has 0 bridgehead atoms.